The van der Waals surface area contributed by atoms with Gasteiger partial charge in [0.1, 0.15) is 17.2 Å². The minimum atomic E-state index is -0.356. The molecule has 170 valence electrons. The van der Waals surface area contributed by atoms with Crippen molar-refractivity contribution in [3.05, 3.63) is 53.6 Å². The van der Waals surface area contributed by atoms with Gasteiger partial charge in [0.15, 0.2) is 0 Å². The number of amides is 2. The van der Waals surface area contributed by atoms with Gasteiger partial charge in [0, 0.05) is 42.7 Å². The molecule has 7 nitrogen and oxygen atoms in total. The molecule has 0 bridgehead atoms. The van der Waals surface area contributed by atoms with Gasteiger partial charge < -0.3 is 24.4 Å². The van der Waals surface area contributed by atoms with Crippen molar-refractivity contribution in [1.82, 2.24) is 10.2 Å². The molecule has 2 aromatic carbocycles. The van der Waals surface area contributed by atoms with Gasteiger partial charge in [-0.2, -0.15) is 0 Å². The molecule has 2 amide bonds. The largest absolute Gasteiger partial charge is 0.497 e. The number of carbonyl (C=O) groups excluding carboxylic acids is 2. The van der Waals surface area contributed by atoms with Gasteiger partial charge in [0.05, 0.1) is 27.2 Å². The van der Waals surface area contributed by atoms with Crippen LogP contribution in [0.15, 0.2) is 42.5 Å². The molecule has 2 aromatic rings. The summed E-state index contributed by atoms with van der Waals surface area (Å²) in [4.78, 5) is 28.2. The molecule has 4 rings (SSSR count). The van der Waals surface area contributed by atoms with Gasteiger partial charge in [0.25, 0.3) is 5.91 Å². The molecule has 2 atom stereocenters. The zero-order valence-corrected chi connectivity index (χ0v) is 18.8. The molecular formula is C25H30N2O5. The molecule has 0 spiro atoms. The van der Waals surface area contributed by atoms with Gasteiger partial charge in [-0.25, -0.2) is 0 Å². The van der Waals surface area contributed by atoms with Crippen molar-refractivity contribution in [2.24, 2.45) is 11.8 Å². The number of carbonyl (C=O) groups is 2. The summed E-state index contributed by atoms with van der Waals surface area (Å²) in [7, 11) is 4.78. The lowest BCUT2D eigenvalue weighted by Crippen LogP contribution is -2.36. The molecule has 1 aliphatic carbocycles. The van der Waals surface area contributed by atoms with Crippen molar-refractivity contribution < 1.29 is 23.8 Å². The summed E-state index contributed by atoms with van der Waals surface area (Å²) in [5.41, 5.74) is 1.45. The second-order valence-corrected chi connectivity index (χ2v) is 8.45. The van der Waals surface area contributed by atoms with Gasteiger partial charge >= 0.3 is 0 Å². The molecule has 0 unspecified atom stereocenters. The van der Waals surface area contributed by atoms with Gasteiger partial charge in [-0.3, -0.25) is 9.59 Å². The van der Waals surface area contributed by atoms with Gasteiger partial charge in [-0.05, 0) is 43.0 Å². The predicted octanol–water partition coefficient (Wildman–Crippen LogP) is 3.09. The van der Waals surface area contributed by atoms with E-state index in [0.717, 1.165) is 5.56 Å². The highest BCUT2D eigenvalue weighted by molar-refractivity contribution is 5.95. The quantitative estimate of drug-likeness (QED) is 0.685. The lowest BCUT2D eigenvalue weighted by Gasteiger charge is -2.21. The molecule has 1 aliphatic heterocycles. The minimum absolute atomic E-state index is 0.0132. The Kier molecular flexibility index (Phi) is 6.53. The van der Waals surface area contributed by atoms with Crippen LogP contribution in [0.3, 0.4) is 0 Å². The molecule has 7 heteroatoms. The number of rotatable bonds is 8. The Labute approximate surface area is 188 Å². The van der Waals surface area contributed by atoms with E-state index in [4.69, 9.17) is 14.2 Å². The standard InChI is InChI=1S/C25H30N2O5/c1-30-18-6-4-5-17(11-18)25(29)27-14-21(20-10-9-19(31-2)12-23(20)32-3)22(15-27)24(28)26-13-16-7-8-16/h4-6,9-12,16,21-22H,7-8,13-15H2,1-3H3,(H,26,28)/t21-,22-/m0/s1. The number of hydrogen-bond acceptors (Lipinski definition) is 5. The van der Waals surface area contributed by atoms with E-state index in [0.29, 0.717) is 48.4 Å². The Morgan fingerprint density at radius 3 is 2.41 bits per heavy atom. The van der Waals surface area contributed by atoms with Crippen LogP contribution >= 0.6 is 0 Å². The molecule has 0 radical (unpaired) electrons. The van der Waals surface area contributed by atoms with Crippen LogP contribution in [-0.4, -0.2) is 57.7 Å². The van der Waals surface area contributed by atoms with E-state index in [1.807, 2.05) is 18.2 Å². The molecule has 2 fully saturated rings. The van der Waals surface area contributed by atoms with Crippen LogP contribution in [0.5, 0.6) is 17.2 Å². The zero-order valence-electron chi connectivity index (χ0n) is 18.8. The Morgan fingerprint density at radius 1 is 0.969 bits per heavy atom. The summed E-state index contributed by atoms with van der Waals surface area (Å²) >= 11 is 0. The van der Waals surface area contributed by atoms with E-state index in [-0.39, 0.29) is 23.7 Å². The molecule has 32 heavy (non-hydrogen) atoms. The first-order valence-corrected chi connectivity index (χ1v) is 11.0. The van der Waals surface area contributed by atoms with Crippen molar-refractivity contribution in [3.8, 4) is 17.2 Å². The fraction of sp³-hybridized carbons (Fsp3) is 0.440. The summed E-state index contributed by atoms with van der Waals surface area (Å²) in [6, 6.07) is 12.7. The third kappa shape index (κ3) is 4.66. The minimum Gasteiger partial charge on any atom is -0.497 e. The first kappa shape index (κ1) is 22.0. The smallest absolute Gasteiger partial charge is 0.254 e. The summed E-state index contributed by atoms with van der Waals surface area (Å²) in [6.45, 7) is 1.48. The summed E-state index contributed by atoms with van der Waals surface area (Å²) < 4.78 is 16.2. The number of methoxy groups -OCH3 is 3. The van der Waals surface area contributed by atoms with E-state index in [9.17, 15) is 9.59 Å². The van der Waals surface area contributed by atoms with E-state index < -0.39 is 0 Å². The second-order valence-electron chi connectivity index (χ2n) is 8.45. The molecule has 1 saturated carbocycles. The summed E-state index contributed by atoms with van der Waals surface area (Å²) in [5, 5.41) is 3.10. The Morgan fingerprint density at radius 2 is 1.72 bits per heavy atom. The van der Waals surface area contributed by atoms with Crippen LogP contribution in [0.1, 0.15) is 34.7 Å². The van der Waals surface area contributed by atoms with Crippen molar-refractivity contribution >= 4 is 11.8 Å². The average molecular weight is 439 g/mol. The van der Waals surface area contributed by atoms with Crippen molar-refractivity contribution in [2.75, 3.05) is 41.0 Å². The number of likely N-dealkylation sites (tertiary alicyclic amines) is 1. The number of ether oxygens (including phenoxy) is 3. The maximum absolute atomic E-state index is 13.3. The van der Waals surface area contributed by atoms with Crippen LogP contribution in [-0.2, 0) is 4.79 Å². The highest BCUT2D eigenvalue weighted by Crippen LogP contribution is 2.40. The number of benzene rings is 2. The van der Waals surface area contributed by atoms with Crippen LogP contribution in [0, 0.1) is 11.8 Å². The molecule has 2 aliphatic rings. The van der Waals surface area contributed by atoms with Gasteiger partial charge in [0.2, 0.25) is 5.91 Å². The lowest BCUT2D eigenvalue weighted by molar-refractivity contribution is -0.125. The second kappa shape index (κ2) is 9.51. The molecular weight excluding hydrogens is 408 g/mol. The third-order valence-corrected chi connectivity index (χ3v) is 6.36. The monoisotopic (exact) mass is 438 g/mol. The number of nitrogens with zero attached hydrogens (tertiary/aromatic N) is 1. The molecule has 1 heterocycles. The average Bonchev–Trinajstić information content (AvgIpc) is 3.57. The number of nitrogens with one attached hydrogen (secondary N) is 1. The third-order valence-electron chi connectivity index (χ3n) is 6.36. The molecule has 0 aromatic heterocycles. The van der Waals surface area contributed by atoms with Crippen molar-refractivity contribution in [3.63, 3.8) is 0 Å². The van der Waals surface area contributed by atoms with Crippen LogP contribution < -0.4 is 19.5 Å². The van der Waals surface area contributed by atoms with E-state index in [1.54, 1.807) is 50.5 Å². The SMILES string of the molecule is COc1cccc(C(=O)N2C[C@H](C(=O)NCC3CC3)[C@H](c3ccc(OC)cc3OC)C2)c1. The van der Waals surface area contributed by atoms with Crippen molar-refractivity contribution in [1.29, 1.82) is 0 Å². The number of hydrogen-bond donors (Lipinski definition) is 1. The highest BCUT2D eigenvalue weighted by Gasteiger charge is 2.42. The van der Waals surface area contributed by atoms with Crippen LogP contribution in [0.2, 0.25) is 0 Å². The van der Waals surface area contributed by atoms with Crippen LogP contribution in [0.4, 0.5) is 0 Å². The van der Waals surface area contributed by atoms with E-state index >= 15 is 0 Å². The normalized spacial score (nSPS) is 20.0. The fourth-order valence-corrected chi connectivity index (χ4v) is 4.31. The first-order chi connectivity index (χ1) is 15.5. The Hall–Kier alpha value is -3.22. The van der Waals surface area contributed by atoms with Crippen LogP contribution in [0.25, 0.3) is 0 Å². The Bertz CT molecular complexity index is 988. The molecule has 1 N–H and O–H groups in total. The van der Waals surface area contributed by atoms with E-state index in [2.05, 4.69) is 5.32 Å². The lowest BCUT2D eigenvalue weighted by atomic mass is 9.87. The summed E-state index contributed by atoms with van der Waals surface area (Å²) in [5.74, 6) is 1.90. The topological polar surface area (TPSA) is 77.1 Å². The van der Waals surface area contributed by atoms with Gasteiger partial charge in [-0.15, -0.1) is 0 Å². The van der Waals surface area contributed by atoms with E-state index in [1.165, 1.54) is 12.8 Å². The molecule has 1 saturated heterocycles. The predicted molar refractivity (Wildman–Crippen MR) is 120 cm³/mol. The maximum Gasteiger partial charge on any atom is 0.254 e. The Balaban J connectivity index is 1.61. The first-order valence-electron chi connectivity index (χ1n) is 11.0. The van der Waals surface area contributed by atoms with Gasteiger partial charge in [-0.1, -0.05) is 12.1 Å². The van der Waals surface area contributed by atoms with Crippen molar-refractivity contribution in [2.45, 2.75) is 18.8 Å². The zero-order chi connectivity index (χ0) is 22.7. The highest BCUT2D eigenvalue weighted by atomic mass is 16.5. The fourth-order valence-electron chi connectivity index (χ4n) is 4.31. The summed E-state index contributed by atoms with van der Waals surface area (Å²) in [6.07, 6.45) is 2.34. The maximum atomic E-state index is 13.3.